The molecule has 0 aliphatic carbocycles. The lowest BCUT2D eigenvalue weighted by molar-refractivity contribution is 0.0525. The Kier molecular flexibility index (Phi) is 3.40. The SMILES string of the molecule is O=C(ON=Cc1ccncc1)c1cccs1. The summed E-state index contributed by atoms with van der Waals surface area (Å²) >= 11 is 1.32. The van der Waals surface area contributed by atoms with Gasteiger partial charge < -0.3 is 4.84 Å². The zero-order valence-electron chi connectivity index (χ0n) is 8.24. The number of aromatic nitrogens is 1. The predicted molar refractivity (Wildman–Crippen MR) is 61.6 cm³/mol. The Hall–Kier alpha value is -2.01. The van der Waals surface area contributed by atoms with Crippen LogP contribution in [-0.2, 0) is 4.84 Å². The van der Waals surface area contributed by atoms with Crippen LogP contribution < -0.4 is 0 Å². The van der Waals surface area contributed by atoms with E-state index in [1.54, 1.807) is 36.7 Å². The highest BCUT2D eigenvalue weighted by molar-refractivity contribution is 7.11. The summed E-state index contributed by atoms with van der Waals surface area (Å²) in [6, 6.07) is 7.01. The number of carbonyl (C=O) groups excluding carboxylic acids is 1. The van der Waals surface area contributed by atoms with E-state index in [2.05, 4.69) is 10.1 Å². The molecule has 0 N–H and O–H groups in total. The molecule has 0 saturated heterocycles. The van der Waals surface area contributed by atoms with E-state index in [9.17, 15) is 4.79 Å². The third-order valence-electron chi connectivity index (χ3n) is 1.77. The molecule has 0 fully saturated rings. The van der Waals surface area contributed by atoms with Crippen LogP contribution >= 0.6 is 11.3 Å². The molecule has 0 aliphatic rings. The van der Waals surface area contributed by atoms with Gasteiger partial charge in [-0.25, -0.2) is 4.79 Å². The molecule has 5 heteroatoms. The van der Waals surface area contributed by atoms with Crippen LogP contribution in [0.15, 0.2) is 47.2 Å². The van der Waals surface area contributed by atoms with Gasteiger partial charge in [-0.1, -0.05) is 11.2 Å². The average Bonchev–Trinajstić information content (AvgIpc) is 2.84. The zero-order valence-corrected chi connectivity index (χ0v) is 9.05. The molecule has 4 nitrogen and oxygen atoms in total. The summed E-state index contributed by atoms with van der Waals surface area (Å²) in [5.74, 6) is -0.444. The second-order valence-corrected chi connectivity index (χ2v) is 3.82. The quantitative estimate of drug-likeness (QED) is 0.463. The van der Waals surface area contributed by atoms with Crippen molar-refractivity contribution in [2.24, 2.45) is 5.16 Å². The molecule has 0 saturated carbocycles. The number of rotatable bonds is 3. The Balaban J connectivity index is 1.93. The van der Waals surface area contributed by atoms with Crippen LogP contribution in [0.1, 0.15) is 15.2 Å². The van der Waals surface area contributed by atoms with E-state index in [1.165, 1.54) is 17.6 Å². The Morgan fingerprint density at radius 1 is 1.38 bits per heavy atom. The van der Waals surface area contributed by atoms with Gasteiger partial charge in [0.25, 0.3) is 0 Å². The van der Waals surface area contributed by atoms with Gasteiger partial charge in [-0.05, 0) is 29.1 Å². The van der Waals surface area contributed by atoms with Crippen molar-refractivity contribution < 1.29 is 9.63 Å². The zero-order chi connectivity index (χ0) is 11.2. The van der Waals surface area contributed by atoms with E-state index < -0.39 is 5.97 Å². The van der Waals surface area contributed by atoms with Crippen molar-refractivity contribution in [1.82, 2.24) is 4.98 Å². The summed E-state index contributed by atoms with van der Waals surface area (Å²) in [5, 5.41) is 5.41. The summed E-state index contributed by atoms with van der Waals surface area (Å²) in [7, 11) is 0. The highest BCUT2D eigenvalue weighted by atomic mass is 32.1. The van der Waals surface area contributed by atoms with Crippen molar-refractivity contribution in [3.8, 4) is 0 Å². The third-order valence-corrected chi connectivity index (χ3v) is 2.62. The molecule has 0 radical (unpaired) electrons. The van der Waals surface area contributed by atoms with E-state index in [0.717, 1.165) is 5.56 Å². The minimum absolute atomic E-state index is 0.444. The van der Waals surface area contributed by atoms with Gasteiger partial charge in [0.1, 0.15) is 4.88 Å². The van der Waals surface area contributed by atoms with Gasteiger partial charge in [-0.2, -0.15) is 0 Å². The van der Waals surface area contributed by atoms with Crippen molar-refractivity contribution in [3.05, 3.63) is 52.5 Å². The Bertz CT molecular complexity index is 480. The molecule has 0 aromatic carbocycles. The van der Waals surface area contributed by atoms with Crippen LogP contribution in [-0.4, -0.2) is 17.2 Å². The fourth-order valence-electron chi connectivity index (χ4n) is 1.02. The van der Waals surface area contributed by atoms with Crippen LogP contribution in [0.2, 0.25) is 0 Å². The van der Waals surface area contributed by atoms with Crippen LogP contribution in [0.3, 0.4) is 0 Å². The Morgan fingerprint density at radius 2 is 2.19 bits per heavy atom. The molecule has 2 aromatic rings. The van der Waals surface area contributed by atoms with Crippen molar-refractivity contribution in [2.75, 3.05) is 0 Å². The van der Waals surface area contributed by atoms with Gasteiger partial charge in [0.15, 0.2) is 0 Å². The molecule has 2 rings (SSSR count). The molecule has 0 spiro atoms. The topological polar surface area (TPSA) is 51.5 Å². The van der Waals surface area contributed by atoms with Crippen LogP contribution in [0.5, 0.6) is 0 Å². The number of thiophene rings is 1. The fourth-order valence-corrected chi connectivity index (χ4v) is 1.62. The van der Waals surface area contributed by atoms with Crippen LogP contribution in [0, 0.1) is 0 Å². The molecule has 2 aromatic heterocycles. The van der Waals surface area contributed by atoms with E-state index >= 15 is 0 Å². The van der Waals surface area contributed by atoms with Crippen molar-refractivity contribution >= 4 is 23.5 Å². The first kappa shape index (κ1) is 10.5. The minimum Gasteiger partial charge on any atom is -0.312 e. The highest BCUT2D eigenvalue weighted by Gasteiger charge is 2.06. The second kappa shape index (κ2) is 5.18. The van der Waals surface area contributed by atoms with Crippen molar-refractivity contribution in [1.29, 1.82) is 0 Å². The molecular weight excluding hydrogens is 224 g/mol. The average molecular weight is 232 g/mol. The lowest BCUT2D eigenvalue weighted by atomic mass is 10.3. The van der Waals surface area contributed by atoms with Crippen LogP contribution in [0.25, 0.3) is 0 Å². The molecule has 0 bridgehead atoms. The smallest absolute Gasteiger partial charge is 0.312 e. The van der Waals surface area contributed by atoms with Crippen LogP contribution in [0.4, 0.5) is 0 Å². The van der Waals surface area contributed by atoms with Gasteiger partial charge in [-0.15, -0.1) is 11.3 Å². The maximum atomic E-state index is 11.4. The summed E-state index contributed by atoms with van der Waals surface area (Å²) in [5.41, 5.74) is 0.828. The second-order valence-electron chi connectivity index (χ2n) is 2.87. The normalized spacial score (nSPS) is 10.5. The van der Waals surface area contributed by atoms with E-state index in [0.29, 0.717) is 4.88 Å². The van der Waals surface area contributed by atoms with Gasteiger partial charge in [0, 0.05) is 12.4 Å². The summed E-state index contributed by atoms with van der Waals surface area (Å²) in [4.78, 5) is 20.5. The van der Waals surface area contributed by atoms with Crippen molar-refractivity contribution in [2.45, 2.75) is 0 Å². The number of hydrogen-bond donors (Lipinski definition) is 0. The molecule has 80 valence electrons. The summed E-state index contributed by atoms with van der Waals surface area (Å²) < 4.78 is 0. The molecule has 2 heterocycles. The van der Waals surface area contributed by atoms with Gasteiger partial charge >= 0.3 is 5.97 Å². The summed E-state index contributed by atoms with van der Waals surface area (Å²) in [6.07, 6.45) is 4.75. The molecule has 0 atom stereocenters. The lowest BCUT2D eigenvalue weighted by Gasteiger charge is -1.93. The minimum atomic E-state index is -0.444. The number of hydrogen-bond acceptors (Lipinski definition) is 5. The molecule has 0 amide bonds. The fraction of sp³-hybridized carbons (Fsp3) is 0. The molecular formula is C11H8N2O2S. The van der Waals surface area contributed by atoms with Gasteiger partial charge in [-0.3, -0.25) is 4.98 Å². The first-order chi connectivity index (χ1) is 7.86. The van der Waals surface area contributed by atoms with E-state index in [-0.39, 0.29) is 0 Å². The Morgan fingerprint density at radius 3 is 2.88 bits per heavy atom. The van der Waals surface area contributed by atoms with Crippen molar-refractivity contribution in [3.63, 3.8) is 0 Å². The molecule has 0 aliphatic heterocycles. The molecule has 0 unspecified atom stereocenters. The monoisotopic (exact) mass is 232 g/mol. The third kappa shape index (κ3) is 2.74. The maximum Gasteiger partial charge on any atom is 0.375 e. The number of pyridine rings is 1. The summed E-state index contributed by atoms with van der Waals surface area (Å²) in [6.45, 7) is 0. The predicted octanol–water partition coefficient (Wildman–Crippen LogP) is 2.33. The number of carbonyl (C=O) groups is 1. The Labute approximate surface area is 96.2 Å². The van der Waals surface area contributed by atoms with E-state index in [4.69, 9.17) is 4.84 Å². The molecule has 16 heavy (non-hydrogen) atoms. The largest absolute Gasteiger partial charge is 0.375 e. The first-order valence-corrected chi connectivity index (χ1v) is 5.42. The van der Waals surface area contributed by atoms with E-state index in [1.807, 2.05) is 5.38 Å². The standard InChI is InChI=1S/C11H8N2O2S/c14-11(10-2-1-7-16-10)15-13-8-9-3-5-12-6-4-9/h1-8H. The maximum absolute atomic E-state index is 11.4. The lowest BCUT2D eigenvalue weighted by Crippen LogP contribution is -1.97. The number of oxime groups is 1. The van der Waals surface area contributed by atoms with Gasteiger partial charge in [0.05, 0.1) is 6.21 Å². The first-order valence-electron chi connectivity index (χ1n) is 4.54. The highest BCUT2D eigenvalue weighted by Crippen LogP contribution is 2.09. The number of nitrogens with zero attached hydrogens (tertiary/aromatic N) is 2. The van der Waals surface area contributed by atoms with Gasteiger partial charge in [0.2, 0.25) is 0 Å².